The summed E-state index contributed by atoms with van der Waals surface area (Å²) in [5, 5.41) is 0. The molecule has 9 heteroatoms. The molecular weight excluding hydrogens is 374 g/mol. The monoisotopic (exact) mass is 393 g/mol. The Morgan fingerprint density at radius 2 is 1.85 bits per heavy atom. The molecule has 1 aromatic carbocycles. The van der Waals surface area contributed by atoms with E-state index in [-0.39, 0.29) is 28.6 Å². The highest BCUT2D eigenvalue weighted by atomic mass is 32.2. The van der Waals surface area contributed by atoms with E-state index in [1.165, 1.54) is 47.8 Å². The third-order valence-corrected chi connectivity index (χ3v) is 6.06. The molecule has 0 atom stereocenters. The van der Waals surface area contributed by atoms with Crippen LogP contribution in [0.3, 0.4) is 0 Å². The van der Waals surface area contributed by atoms with Gasteiger partial charge in [0.15, 0.2) is 0 Å². The molecule has 27 heavy (non-hydrogen) atoms. The number of benzene rings is 1. The first-order valence-electron chi connectivity index (χ1n) is 8.36. The van der Waals surface area contributed by atoms with Crippen molar-refractivity contribution in [3.8, 4) is 0 Å². The molecule has 0 spiro atoms. The Morgan fingerprint density at radius 3 is 2.56 bits per heavy atom. The first-order valence-corrected chi connectivity index (χ1v) is 9.80. The Morgan fingerprint density at radius 1 is 1.11 bits per heavy atom. The predicted octanol–water partition coefficient (Wildman–Crippen LogP) is 2.21. The molecule has 0 saturated carbocycles. The van der Waals surface area contributed by atoms with Crippen LogP contribution in [-0.4, -0.2) is 44.9 Å². The number of carbonyl (C=O) groups excluding carboxylic acids is 2. The second-order valence-corrected chi connectivity index (χ2v) is 7.91. The molecule has 2 heterocycles. The summed E-state index contributed by atoms with van der Waals surface area (Å²) < 4.78 is 41.5. The zero-order valence-electron chi connectivity index (χ0n) is 14.7. The van der Waals surface area contributed by atoms with Gasteiger partial charge in [0.05, 0.1) is 17.6 Å². The zero-order chi connectivity index (χ0) is 19.4. The summed E-state index contributed by atoms with van der Waals surface area (Å²) >= 11 is 0. The van der Waals surface area contributed by atoms with Crippen molar-refractivity contribution < 1.29 is 31.9 Å². The lowest BCUT2D eigenvalue weighted by atomic mass is 10.2. The van der Waals surface area contributed by atoms with E-state index < -0.39 is 22.0 Å². The van der Waals surface area contributed by atoms with E-state index >= 15 is 0 Å². The van der Waals surface area contributed by atoms with Crippen LogP contribution >= 0.6 is 0 Å². The minimum absolute atomic E-state index is 0.00209. The normalized spacial score (nSPS) is 14.9. The Hall–Kier alpha value is -2.65. The maximum absolute atomic E-state index is 12.6. The van der Waals surface area contributed by atoms with Crippen molar-refractivity contribution in [1.82, 2.24) is 4.31 Å². The molecule has 0 aliphatic carbocycles. The largest absolute Gasteiger partial charge is 0.463 e. The molecule has 0 N–H and O–H groups in total. The average molecular weight is 393 g/mol. The summed E-state index contributed by atoms with van der Waals surface area (Å²) in [5.74, 6) is -1.05. The topological polar surface area (TPSA) is 103 Å². The van der Waals surface area contributed by atoms with E-state index in [9.17, 15) is 18.0 Å². The molecule has 0 radical (unpaired) electrons. The van der Waals surface area contributed by atoms with Crippen LogP contribution in [0.15, 0.2) is 45.7 Å². The molecule has 1 aliphatic heterocycles. The number of sulfonamides is 1. The minimum atomic E-state index is -3.62. The van der Waals surface area contributed by atoms with Crippen molar-refractivity contribution in [3.63, 3.8) is 0 Å². The van der Waals surface area contributed by atoms with Gasteiger partial charge in [-0.15, -0.1) is 0 Å². The fourth-order valence-corrected chi connectivity index (χ4v) is 4.31. The van der Waals surface area contributed by atoms with E-state index in [4.69, 9.17) is 9.15 Å². The summed E-state index contributed by atoms with van der Waals surface area (Å²) in [7, 11) is -2.39. The summed E-state index contributed by atoms with van der Waals surface area (Å²) in [6, 6.07) is 8.65. The van der Waals surface area contributed by atoms with Crippen LogP contribution in [-0.2, 0) is 26.1 Å². The smallest absolute Gasteiger partial charge is 0.373 e. The van der Waals surface area contributed by atoms with E-state index in [0.717, 1.165) is 12.8 Å². The molecule has 0 amide bonds. The van der Waals surface area contributed by atoms with Gasteiger partial charge in [-0.25, -0.2) is 18.0 Å². The third-order valence-electron chi connectivity index (χ3n) is 4.17. The molecule has 3 rings (SSSR count). The van der Waals surface area contributed by atoms with E-state index in [0.29, 0.717) is 13.1 Å². The molecule has 2 aromatic rings. The van der Waals surface area contributed by atoms with Gasteiger partial charge < -0.3 is 13.9 Å². The van der Waals surface area contributed by atoms with Crippen LogP contribution < -0.4 is 0 Å². The Bertz CT molecular complexity index is 942. The van der Waals surface area contributed by atoms with Crippen molar-refractivity contribution in [2.45, 2.75) is 24.3 Å². The zero-order valence-corrected chi connectivity index (χ0v) is 15.5. The molecule has 0 bridgehead atoms. The number of esters is 2. The fourth-order valence-electron chi connectivity index (χ4n) is 2.75. The van der Waals surface area contributed by atoms with Gasteiger partial charge in [-0.1, -0.05) is 6.07 Å². The van der Waals surface area contributed by atoms with Gasteiger partial charge in [0.2, 0.25) is 15.8 Å². The lowest BCUT2D eigenvalue weighted by Crippen LogP contribution is -2.28. The van der Waals surface area contributed by atoms with Crippen LogP contribution in [0.25, 0.3) is 0 Å². The van der Waals surface area contributed by atoms with Crippen molar-refractivity contribution in [2.24, 2.45) is 0 Å². The number of ether oxygens (including phenoxy) is 2. The number of furan rings is 1. The van der Waals surface area contributed by atoms with Crippen molar-refractivity contribution >= 4 is 22.0 Å². The SMILES string of the molecule is COC(=O)c1ccc(COC(=O)c2cccc(S(=O)(=O)N3CCCC3)c2)o1. The highest BCUT2D eigenvalue weighted by Gasteiger charge is 2.27. The Labute approximate surface area is 156 Å². The van der Waals surface area contributed by atoms with Crippen molar-refractivity contribution in [3.05, 3.63) is 53.5 Å². The van der Waals surface area contributed by atoms with Crippen LogP contribution in [0.5, 0.6) is 0 Å². The molecule has 1 aliphatic rings. The van der Waals surface area contributed by atoms with Gasteiger partial charge in [0.1, 0.15) is 12.4 Å². The molecule has 144 valence electrons. The lowest BCUT2D eigenvalue weighted by Gasteiger charge is -2.15. The van der Waals surface area contributed by atoms with Gasteiger partial charge >= 0.3 is 11.9 Å². The summed E-state index contributed by atoms with van der Waals surface area (Å²) in [6.45, 7) is 0.773. The Balaban J connectivity index is 1.68. The number of hydrogen-bond acceptors (Lipinski definition) is 7. The van der Waals surface area contributed by atoms with E-state index in [1.54, 1.807) is 0 Å². The molecule has 1 fully saturated rings. The summed E-state index contributed by atoms with van der Waals surface area (Å²) in [6.07, 6.45) is 1.66. The third kappa shape index (κ3) is 4.20. The highest BCUT2D eigenvalue weighted by Crippen LogP contribution is 2.22. The molecular formula is C18H19NO7S. The summed E-state index contributed by atoms with van der Waals surface area (Å²) in [4.78, 5) is 23.7. The van der Waals surface area contributed by atoms with E-state index in [2.05, 4.69) is 4.74 Å². The molecule has 8 nitrogen and oxygen atoms in total. The second kappa shape index (κ2) is 7.93. The maximum Gasteiger partial charge on any atom is 0.373 e. The van der Waals surface area contributed by atoms with Gasteiger partial charge in [0, 0.05) is 13.1 Å². The quantitative estimate of drug-likeness (QED) is 0.693. The molecule has 1 saturated heterocycles. The predicted molar refractivity (Wildman–Crippen MR) is 93.6 cm³/mol. The highest BCUT2D eigenvalue weighted by molar-refractivity contribution is 7.89. The van der Waals surface area contributed by atoms with Crippen LogP contribution in [0.2, 0.25) is 0 Å². The van der Waals surface area contributed by atoms with Gasteiger partial charge in [0.25, 0.3) is 0 Å². The number of rotatable bonds is 6. The van der Waals surface area contributed by atoms with Crippen LogP contribution in [0, 0.1) is 0 Å². The van der Waals surface area contributed by atoms with Crippen LogP contribution in [0.1, 0.15) is 39.5 Å². The lowest BCUT2D eigenvalue weighted by molar-refractivity contribution is 0.0438. The van der Waals surface area contributed by atoms with Gasteiger partial charge in [-0.3, -0.25) is 0 Å². The number of carbonyl (C=O) groups is 2. The Kier molecular flexibility index (Phi) is 5.62. The number of nitrogens with zero attached hydrogens (tertiary/aromatic N) is 1. The van der Waals surface area contributed by atoms with E-state index in [1.807, 2.05) is 0 Å². The number of methoxy groups -OCH3 is 1. The summed E-state index contributed by atoms with van der Waals surface area (Å²) in [5.41, 5.74) is 0.120. The van der Waals surface area contributed by atoms with Crippen molar-refractivity contribution in [2.75, 3.05) is 20.2 Å². The number of hydrogen-bond donors (Lipinski definition) is 0. The average Bonchev–Trinajstić information content (AvgIpc) is 3.37. The maximum atomic E-state index is 12.6. The fraction of sp³-hybridized carbons (Fsp3) is 0.333. The molecule has 1 aromatic heterocycles. The standard InChI is InChI=1S/C18H19NO7S/c1-24-18(21)16-8-7-14(26-16)12-25-17(20)13-5-4-6-15(11-13)27(22,23)19-9-2-3-10-19/h4-8,11H,2-3,9-10,12H2,1H3. The van der Waals surface area contributed by atoms with Gasteiger partial charge in [-0.05, 0) is 43.2 Å². The van der Waals surface area contributed by atoms with Gasteiger partial charge in [-0.2, -0.15) is 4.31 Å². The molecule has 0 unspecified atom stereocenters. The minimum Gasteiger partial charge on any atom is -0.463 e. The first-order chi connectivity index (χ1) is 12.9. The second-order valence-electron chi connectivity index (χ2n) is 5.97. The first kappa shape index (κ1) is 19.1. The van der Waals surface area contributed by atoms with Crippen LogP contribution in [0.4, 0.5) is 0 Å². The van der Waals surface area contributed by atoms with Crippen molar-refractivity contribution in [1.29, 1.82) is 0 Å².